The number of aromatic amines is 1. The van der Waals surface area contributed by atoms with Crippen LogP contribution >= 0.6 is 17.0 Å². The van der Waals surface area contributed by atoms with Crippen LogP contribution < -0.4 is 0 Å². The van der Waals surface area contributed by atoms with Crippen molar-refractivity contribution >= 4 is 28.9 Å². The number of carbonyl (C=O) groups excluding carboxylic acids is 2. The van der Waals surface area contributed by atoms with E-state index in [9.17, 15) is 9.59 Å². The summed E-state index contributed by atoms with van der Waals surface area (Å²) in [5.41, 5.74) is 1.84. The molecule has 2 aliphatic heterocycles. The average Bonchev–Trinajstić information content (AvgIpc) is 2.81. The Morgan fingerprint density at radius 1 is 1.44 bits per heavy atom. The maximum atomic E-state index is 12.1. The highest BCUT2D eigenvalue weighted by Gasteiger charge is 2.48. The number of halogens is 1. The summed E-state index contributed by atoms with van der Waals surface area (Å²) in [6.45, 7) is 4.16. The number of rotatable bonds is 1. The van der Waals surface area contributed by atoms with Gasteiger partial charge in [0, 0.05) is 12.5 Å². The number of H-pyrrole nitrogens is 1. The lowest BCUT2D eigenvalue weighted by Crippen LogP contribution is -2.40. The number of urea groups is 1. The van der Waals surface area contributed by atoms with E-state index in [1.54, 1.807) is 11.2 Å². The lowest BCUT2D eigenvalue weighted by molar-refractivity contribution is -0.129. The monoisotopic (exact) mass is 314 g/mol. The zero-order valence-corrected chi connectivity index (χ0v) is 11.9. The molecule has 1 saturated heterocycles. The third kappa shape index (κ3) is 1.65. The Morgan fingerprint density at radius 3 is 2.83 bits per heavy atom. The van der Waals surface area contributed by atoms with E-state index in [1.165, 1.54) is 4.90 Å². The molecule has 0 spiro atoms. The first-order valence-electron chi connectivity index (χ1n) is 5.74. The fourth-order valence-corrected chi connectivity index (χ4v) is 2.53. The quantitative estimate of drug-likeness (QED) is 0.789. The van der Waals surface area contributed by atoms with Crippen molar-refractivity contribution in [1.29, 1.82) is 0 Å². The largest absolute Gasteiger partial charge is 0.347 e. The fourth-order valence-electron chi connectivity index (χ4n) is 2.53. The molecule has 7 heteroatoms. The molecule has 1 fully saturated rings. The van der Waals surface area contributed by atoms with Crippen molar-refractivity contribution in [1.82, 2.24) is 19.8 Å². The van der Waals surface area contributed by atoms with Gasteiger partial charge in [-0.15, -0.1) is 17.0 Å². The van der Waals surface area contributed by atoms with Gasteiger partial charge in [-0.05, 0) is 13.8 Å². The number of nitrogens with zero attached hydrogens (tertiary/aromatic N) is 3. The van der Waals surface area contributed by atoms with E-state index in [-0.39, 0.29) is 41.0 Å². The van der Waals surface area contributed by atoms with E-state index in [1.807, 2.05) is 13.8 Å². The summed E-state index contributed by atoms with van der Waals surface area (Å²) >= 11 is 0. The Bertz CT molecular complexity index is 460. The van der Waals surface area contributed by atoms with Crippen LogP contribution in [0.2, 0.25) is 0 Å². The molecule has 1 aromatic heterocycles. The molecule has 1 unspecified atom stereocenters. The molecule has 2 aliphatic rings. The second-order valence-electron chi connectivity index (χ2n) is 4.76. The van der Waals surface area contributed by atoms with E-state index < -0.39 is 0 Å². The number of hydrogen-bond donors (Lipinski definition) is 1. The lowest BCUT2D eigenvalue weighted by Gasteiger charge is -2.25. The third-order valence-corrected chi connectivity index (χ3v) is 3.39. The fraction of sp³-hybridized carbons (Fsp3) is 0.545. The van der Waals surface area contributed by atoms with Gasteiger partial charge in [-0.25, -0.2) is 9.78 Å². The van der Waals surface area contributed by atoms with Gasteiger partial charge in [-0.2, -0.15) is 0 Å². The Kier molecular flexibility index (Phi) is 3.18. The predicted octanol–water partition coefficient (Wildman–Crippen LogP) is 1.08. The van der Waals surface area contributed by atoms with Crippen LogP contribution in [0, 0.1) is 0 Å². The van der Waals surface area contributed by atoms with Crippen molar-refractivity contribution in [3.8, 4) is 0 Å². The molecule has 1 atom stereocenters. The van der Waals surface area contributed by atoms with Crippen molar-refractivity contribution < 1.29 is 9.59 Å². The molecule has 6 nitrogen and oxygen atoms in total. The van der Waals surface area contributed by atoms with Crippen LogP contribution in [0.15, 0.2) is 6.33 Å². The highest BCUT2D eigenvalue weighted by molar-refractivity contribution is 8.93. The van der Waals surface area contributed by atoms with E-state index in [4.69, 9.17) is 0 Å². The van der Waals surface area contributed by atoms with Crippen LogP contribution in [0.5, 0.6) is 0 Å². The van der Waals surface area contributed by atoms with Gasteiger partial charge < -0.3 is 9.88 Å². The summed E-state index contributed by atoms with van der Waals surface area (Å²) in [6, 6.07) is -0.636. The standard InChI is InChI=1S/C11H14N4O2.BrH/c1-6(2)15-10(16)9-3-7-8(13-5-12-7)4-14(9)11(15)17;/h5-6,9H,3-4H2,1-2H3,(H,12,13);1H. The number of aromatic nitrogens is 2. The van der Waals surface area contributed by atoms with Crippen LogP contribution in [-0.4, -0.2) is 43.8 Å². The number of nitrogens with one attached hydrogen (secondary N) is 1. The Labute approximate surface area is 115 Å². The molecular formula is C11H15BrN4O2. The maximum Gasteiger partial charge on any atom is 0.328 e. The zero-order valence-electron chi connectivity index (χ0n) is 10.2. The molecule has 18 heavy (non-hydrogen) atoms. The minimum Gasteiger partial charge on any atom is -0.347 e. The zero-order chi connectivity index (χ0) is 12.2. The van der Waals surface area contributed by atoms with Gasteiger partial charge in [0.25, 0.3) is 5.91 Å². The molecule has 1 N–H and O–H groups in total. The predicted molar refractivity (Wildman–Crippen MR) is 69.3 cm³/mol. The van der Waals surface area contributed by atoms with Crippen LogP contribution in [0.25, 0.3) is 0 Å². The summed E-state index contributed by atoms with van der Waals surface area (Å²) in [6.07, 6.45) is 2.13. The molecule has 98 valence electrons. The first-order valence-corrected chi connectivity index (χ1v) is 5.74. The van der Waals surface area contributed by atoms with Crippen LogP contribution in [-0.2, 0) is 17.8 Å². The van der Waals surface area contributed by atoms with Gasteiger partial charge in [0.05, 0.1) is 24.3 Å². The number of imidazole rings is 1. The van der Waals surface area contributed by atoms with Crippen molar-refractivity contribution in [2.24, 2.45) is 0 Å². The van der Waals surface area contributed by atoms with E-state index in [0.29, 0.717) is 13.0 Å². The number of amides is 3. The summed E-state index contributed by atoms with van der Waals surface area (Å²) in [5.74, 6) is -0.0985. The van der Waals surface area contributed by atoms with E-state index in [2.05, 4.69) is 9.97 Å². The van der Waals surface area contributed by atoms with Crippen LogP contribution in [0.3, 0.4) is 0 Å². The van der Waals surface area contributed by atoms with E-state index >= 15 is 0 Å². The van der Waals surface area contributed by atoms with Crippen LogP contribution in [0.4, 0.5) is 4.79 Å². The number of imide groups is 1. The first kappa shape index (κ1) is 13.1. The van der Waals surface area contributed by atoms with Gasteiger partial charge >= 0.3 is 6.03 Å². The number of fused-ring (bicyclic) bond motifs is 2. The summed E-state index contributed by atoms with van der Waals surface area (Å²) in [4.78, 5) is 34.4. The number of hydrogen-bond acceptors (Lipinski definition) is 3. The molecule has 0 bridgehead atoms. The van der Waals surface area contributed by atoms with Crippen molar-refractivity contribution in [3.05, 3.63) is 17.7 Å². The Balaban J connectivity index is 0.00000120. The normalized spacial score (nSPS) is 22.1. The molecule has 3 amide bonds. The summed E-state index contributed by atoms with van der Waals surface area (Å²) < 4.78 is 0. The highest BCUT2D eigenvalue weighted by Crippen LogP contribution is 2.29. The summed E-state index contributed by atoms with van der Waals surface area (Å²) in [7, 11) is 0. The minimum atomic E-state index is -0.360. The molecule has 0 aromatic carbocycles. The van der Waals surface area contributed by atoms with Crippen molar-refractivity contribution in [3.63, 3.8) is 0 Å². The van der Waals surface area contributed by atoms with Gasteiger partial charge in [0.2, 0.25) is 0 Å². The first-order chi connectivity index (χ1) is 8.09. The summed E-state index contributed by atoms with van der Waals surface area (Å²) in [5, 5.41) is 0. The van der Waals surface area contributed by atoms with Gasteiger partial charge in [0.15, 0.2) is 0 Å². The molecule has 3 rings (SSSR count). The smallest absolute Gasteiger partial charge is 0.328 e. The second-order valence-corrected chi connectivity index (χ2v) is 4.76. The SMILES string of the molecule is Br.CC(C)N1C(=O)C2Cc3nc[nH]c3CN2C1=O. The minimum absolute atomic E-state index is 0. The molecule has 3 heterocycles. The molecule has 0 radical (unpaired) electrons. The van der Waals surface area contributed by atoms with Gasteiger partial charge in [0.1, 0.15) is 6.04 Å². The van der Waals surface area contributed by atoms with Crippen molar-refractivity contribution in [2.75, 3.05) is 0 Å². The molecule has 0 saturated carbocycles. The average molecular weight is 315 g/mol. The van der Waals surface area contributed by atoms with E-state index in [0.717, 1.165) is 11.4 Å². The third-order valence-electron chi connectivity index (χ3n) is 3.39. The topological polar surface area (TPSA) is 69.3 Å². The molecule has 1 aromatic rings. The maximum absolute atomic E-state index is 12.1. The molecular weight excluding hydrogens is 300 g/mol. The second kappa shape index (κ2) is 4.38. The number of carbonyl (C=O) groups is 2. The Morgan fingerprint density at radius 2 is 2.17 bits per heavy atom. The van der Waals surface area contributed by atoms with Crippen molar-refractivity contribution in [2.45, 2.75) is 38.9 Å². The van der Waals surface area contributed by atoms with Gasteiger partial charge in [-0.1, -0.05) is 0 Å². The van der Waals surface area contributed by atoms with Gasteiger partial charge in [-0.3, -0.25) is 9.69 Å². The Hall–Kier alpha value is -1.37. The lowest BCUT2D eigenvalue weighted by atomic mass is 10.0. The van der Waals surface area contributed by atoms with Crippen LogP contribution in [0.1, 0.15) is 25.2 Å². The highest BCUT2D eigenvalue weighted by atomic mass is 79.9. The molecule has 0 aliphatic carbocycles.